The summed E-state index contributed by atoms with van der Waals surface area (Å²) in [6.07, 6.45) is 46.6. The molecule has 59 heavy (non-hydrogen) atoms. The fraction of sp³-hybridized carbons (Fsp3) is 0.943. The molecular weight excluding hydrogens is 733 g/mol. The van der Waals surface area contributed by atoms with Crippen LogP contribution in [0.15, 0.2) is 0 Å². The summed E-state index contributed by atoms with van der Waals surface area (Å²) in [5.41, 5.74) is 0. The standard InChI is InChI=1S/C53H102O6/c1-6-7-8-9-10-11-12-13-16-19-22-28-33-38-43-51(54)57-46-50(47-58-52(55)44-39-34-29-25-24-27-32-37-42-49(4)5)59-53(56)45-40-35-30-23-20-17-14-15-18-21-26-31-36-41-48(2)3/h48-50H,6-47H2,1-5H3/t50-/m0/s1. The average Bonchev–Trinajstić information content (AvgIpc) is 3.20. The van der Waals surface area contributed by atoms with E-state index in [1.807, 2.05) is 0 Å². The van der Waals surface area contributed by atoms with Crippen molar-refractivity contribution in [3.8, 4) is 0 Å². The van der Waals surface area contributed by atoms with Gasteiger partial charge in [-0.1, -0.05) is 253 Å². The van der Waals surface area contributed by atoms with Gasteiger partial charge in [0, 0.05) is 19.3 Å². The van der Waals surface area contributed by atoms with E-state index in [1.54, 1.807) is 0 Å². The van der Waals surface area contributed by atoms with Crippen LogP contribution in [0.25, 0.3) is 0 Å². The van der Waals surface area contributed by atoms with Crippen molar-refractivity contribution >= 4 is 17.9 Å². The SMILES string of the molecule is CCCCCCCCCCCCCCCCC(=O)OC[C@@H](COC(=O)CCCCCCCCCCC(C)C)OC(=O)CCCCCCCCCCCCCCCC(C)C. The Kier molecular flexibility index (Phi) is 44.7. The summed E-state index contributed by atoms with van der Waals surface area (Å²) in [5, 5.41) is 0. The minimum atomic E-state index is -0.762. The van der Waals surface area contributed by atoms with Gasteiger partial charge in [0.05, 0.1) is 0 Å². The van der Waals surface area contributed by atoms with E-state index in [0.717, 1.165) is 69.6 Å². The highest BCUT2D eigenvalue weighted by Crippen LogP contribution is 2.17. The van der Waals surface area contributed by atoms with Gasteiger partial charge >= 0.3 is 17.9 Å². The molecule has 350 valence electrons. The molecule has 1 atom stereocenters. The van der Waals surface area contributed by atoms with E-state index >= 15 is 0 Å². The third-order valence-electron chi connectivity index (χ3n) is 12.0. The lowest BCUT2D eigenvalue weighted by Crippen LogP contribution is -2.30. The number of hydrogen-bond donors (Lipinski definition) is 0. The molecule has 0 aromatic carbocycles. The molecule has 0 aromatic heterocycles. The van der Waals surface area contributed by atoms with E-state index in [9.17, 15) is 14.4 Å². The molecule has 0 bridgehead atoms. The highest BCUT2D eigenvalue weighted by atomic mass is 16.6. The molecule has 0 aromatic rings. The van der Waals surface area contributed by atoms with Gasteiger partial charge in [0.2, 0.25) is 0 Å². The molecule has 6 heteroatoms. The highest BCUT2D eigenvalue weighted by Gasteiger charge is 2.19. The smallest absolute Gasteiger partial charge is 0.306 e. The molecule has 0 rings (SSSR count). The number of carbonyl (C=O) groups is 3. The fourth-order valence-corrected chi connectivity index (χ4v) is 7.99. The molecule has 6 nitrogen and oxygen atoms in total. The van der Waals surface area contributed by atoms with Crippen LogP contribution in [0.5, 0.6) is 0 Å². The first-order chi connectivity index (χ1) is 28.7. The molecule has 0 unspecified atom stereocenters. The molecular formula is C53H102O6. The third kappa shape index (κ3) is 47.3. The number of unbranched alkanes of at least 4 members (excludes halogenated alkanes) is 32. The van der Waals surface area contributed by atoms with Crippen LogP contribution in [0.4, 0.5) is 0 Å². The summed E-state index contributed by atoms with van der Waals surface area (Å²) in [7, 11) is 0. The second kappa shape index (κ2) is 45.9. The van der Waals surface area contributed by atoms with Crippen LogP contribution in [0, 0.1) is 11.8 Å². The number of hydrogen-bond acceptors (Lipinski definition) is 6. The molecule has 0 radical (unpaired) electrons. The van der Waals surface area contributed by atoms with Crippen molar-refractivity contribution in [3.63, 3.8) is 0 Å². The van der Waals surface area contributed by atoms with E-state index in [2.05, 4.69) is 34.6 Å². The van der Waals surface area contributed by atoms with Gasteiger partial charge in [-0.2, -0.15) is 0 Å². The van der Waals surface area contributed by atoms with E-state index in [0.29, 0.717) is 19.3 Å². The lowest BCUT2D eigenvalue weighted by atomic mass is 10.0. The second-order valence-corrected chi connectivity index (χ2v) is 19.1. The molecule has 0 heterocycles. The quantitative estimate of drug-likeness (QED) is 0.0345. The Hall–Kier alpha value is -1.59. The Morgan fingerprint density at radius 2 is 0.559 bits per heavy atom. The van der Waals surface area contributed by atoms with E-state index in [1.165, 1.54) is 180 Å². The summed E-state index contributed by atoms with van der Waals surface area (Å²) in [6, 6.07) is 0. The molecule has 0 N–H and O–H groups in total. The summed E-state index contributed by atoms with van der Waals surface area (Å²) in [6.45, 7) is 11.4. The molecule has 0 saturated heterocycles. The Morgan fingerprint density at radius 3 is 0.831 bits per heavy atom. The topological polar surface area (TPSA) is 78.9 Å². The molecule has 0 aliphatic heterocycles. The van der Waals surface area contributed by atoms with Crippen molar-refractivity contribution in [1.82, 2.24) is 0 Å². The summed E-state index contributed by atoms with van der Waals surface area (Å²) >= 11 is 0. The van der Waals surface area contributed by atoms with E-state index < -0.39 is 6.10 Å². The van der Waals surface area contributed by atoms with Gasteiger partial charge in [-0.15, -0.1) is 0 Å². The van der Waals surface area contributed by atoms with E-state index in [4.69, 9.17) is 14.2 Å². The first-order valence-corrected chi connectivity index (χ1v) is 26.2. The van der Waals surface area contributed by atoms with Crippen LogP contribution in [-0.2, 0) is 28.6 Å². The molecule has 0 spiro atoms. The van der Waals surface area contributed by atoms with Crippen molar-refractivity contribution in [2.24, 2.45) is 11.8 Å². The van der Waals surface area contributed by atoms with Crippen molar-refractivity contribution in [2.45, 2.75) is 298 Å². The minimum Gasteiger partial charge on any atom is -0.462 e. The average molecular weight is 835 g/mol. The van der Waals surface area contributed by atoms with Crippen molar-refractivity contribution in [2.75, 3.05) is 13.2 Å². The number of ether oxygens (including phenoxy) is 3. The number of rotatable bonds is 47. The predicted octanol–water partition coefficient (Wildman–Crippen LogP) is 16.9. The zero-order chi connectivity index (χ0) is 43.3. The maximum atomic E-state index is 12.8. The van der Waals surface area contributed by atoms with Gasteiger partial charge in [0.1, 0.15) is 13.2 Å². The summed E-state index contributed by atoms with van der Waals surface area (Å²) < 4.78 is 16.8. The molecule has 0 aliphatic carbocycles. The minimum absolute atomic E-state index is 0.0637. The number of esters is 3. The maximum absolute atomic E-state index is 12.8. The second-order valence-electron chi connectivity index (χ2n) is 19.1. The Balaban J connectivity index is 4.30. The zero-order valence-electron chi connectivity index (χ0n) is 40.4. The number of carbonyl (C=O) groups excluding carboxylic acids is 3. The van der Waals surface area contributed by atoms with Crippen molar-refractivity contribution in [1.29, 1.82) is 0 Å². The largest absolute Gasteiger partial charge is 0.462 e. The van der Waals surface area contributed by atoms with Gasteiger partial charge in [0.15, 0.2) is 6.10 Å². The molecule has 0 aliphatic rings. The van der Waals surface area contributed by atoms with Gasteiger partial charge in [-0.3, -0.25) is 14.4 Å². The van der Waals surface area contributed by atoms with Gasteiger partial charge in [0.25, 0.3) is 0 Å². The molecule has 0 saturated carbocycles. The van der Waals surface area contributed by atoms with Crippen LogP contribution in [0.1, 0.15) is 291 Å². The lowest BCUT2D eigenvalue weighted by Gasteiger charge is -2.18. The summed E-state index contributed by atoms with van der Waals surface area (Å²) in [5.74, 6) is 0.786. The van der Waals surface area contributed by atoms with Gasteiger partial charge < -0.3 is 14.2 Å². The lowest BCUT2D eigenvalue weighted by molar-refractivity contribution is -0.167. The first-order valence-electron chi connectivity index (χ1n) is 26.2. The Morgan fingerprint density at radius 1 is 0.322 bits per heavy atom. The third-order valence-corrected chi connectivity index (χ3v) is 12.0. The van der Waals surface area contributed by atoms with Crippen LogP contribution < -0.4 is 0 Å². The van der Waals surface area contributed by atoms with Gasteiger partial charge in [-0.25, -0.2) is 0 Å². The van der Waals surface area contributed by atoms with Gasteiger partial charge in [-0.05, 0) is 31.1 Å². The first kappa shape index (κ1) is 57.4. The van der Waals surface area contributed by atoms with Crippen LogP contribution in [0.2, 0.25) is 0 Å². The van der Waals surface area contributed by atoms with Crippen LogP contribution >= 0.6 is 0 Å². The van der Waals surface area contributed by atoms with Crippen LogP contribution in [-0.4, -0.2) is 37.2 Å². The normalized spacial score (nSPS) is 12.1. The highest BCUT2D eigenvalue weighted by molar-refractivity contribution is 5.71. The molecule has 0 fully saturated rings. The van der Waals surface area contributed by atoms with E-state index in [-0.39, 0.29) is 31.1 Å². The fourth-order valence-electron chi connectivity index (χ4n) is 7.99. The van der Waals surface area contributed by atoms with Crippen molar-refractivity contribution < 1.29 is 28.6 Å². The maximum Gasteiger partial charge on any atom is 0.306 e. The summed E-state index contributed by atoms with van der Waals surface area (Å²) in [4.78, 5) is 37.9. The van der Waals surface area contributed by atoms with Crippen molar-refractivity contribution in [3.05, 3.63) is 0 Å². The van der Waals surface area contributed by atoms with Crippen LogP contribution in [0.3, 0.4) is 0 Å². The molecule has 0 amide bonds. The predicted molar refractivity (Wildman–Crippen MR) is 252 cm³/mol. The monoisotopic (exact) mass is 835 g/mol. The Labute approximate surface area is 368 Å². The zero-order valence-corrected chi connectivity index (χ0v) is 40.4. The Bertz CT molecular complexity index is 900.